The van der Waals surface area contributed by atoms with Gasteiger partial charge in [-0.2, -0.15) is 0 Å². The molecule has 2 amide bonds. The van der Waals surface area contributed by atoms with E-state index in [4.69, 9.17) is 5.73 Å². The monoisotopic (exact) mass is 277 g/mol. The van der Waals surface area contributed by atoms with Crippen LogP contribution in [0.1, 0.15) is 38.1 Å². The van der Waals surface area contributed by atoms with Gasteiger partial charge in [0.2, 0.25) is 5.91 Å². The molecule has 5 nitrogen and oxygen atoms in total. The summed E-state index contributed by atoms with van der Waals surface area (Å²) >= 11 is 0. The first-order valence-corrected chi connectivity index (χ1v) is 6.52. The fourth-order valence-corrected chi connectivity index (χ4v) is 1.43. The van der Waals surface area contributed by atoms with Gasteiger partial charge < -0.3 is 16.4 Å². The number of rotatable bonds is 4. The van der Waals surface area contributed by atoms with Crippen LogP contribution in [0.3, 0.4) is 0 Å². The van der Waals surface area contributed by atoms with E-state index in [1.807, 2.05) is 13.8 Å². The zero-order valence-corrected chi connectivity index (χ0v) is 12.7. The molecule has 0 spiro atoms. The number of hydrogen-bond acceptors (Lipinski definition) is 3. The van der Waals surface area contributed by atoms with Crippen molar-refractivity contribution in [2.24, 2.45) is 11.1 Å². The second-order valence-corrected chi connectivity index (χ2v) is 5.96. The van der Waals surface area contributed by atoms with Gasteiger partial charge in [-0.1, -0.05) is 0 Å². The van der Waals surface area contributed by atoms with E-state index in [0.29, 0.717) is 11.3 Å². The zero-order valence-electron chi connectivity index (χ0n) is 12.7. The number of benzene rings is 1. The highest BCUT2D eigenvalue weighted by Gasteiger charge is 2.40. The number of anilines is 1. The SMILES string of the molecule is CNC(=O)c1ccc(NC(=O)C(C)(C)C(C)(C)N)cc1. The molecule has 0 saturated heterocycles. The maximum atomic E-state index is 12.3. The van der Waals surface area contributed by atoms with Crippen LogP contribution in [0.15, 0.2) is 24.3 Å². The third-order valence-electron chi connectivity index (χ3n) is 3.81. The van der Waals surface area contributed by atoms with Gasteiger partial charge in [-0.15, -0.1) is 0 Å². The molecule has 5 heteroatoms. The van der Waals surface area contributed by atoms with Crippen molar-refractivity contribution in [3.05, 3.63) is 29.8 Å². The van der Waals surface area contributed by atoms with E-state index in [1.165, 1.54) is 0 Å². The van der Waals surface area contributed by atoms with Crippen molar-refractivity contribution in [2.45, 2.75) is 33.2 Å². The van der Waals surface area contributed by atoms with Crippen LogP contribution in [-0.2, 0) is 4.79 Å². The summed E-state index contributed by atoms with van der Waals surface area (Å²) in [6.45, 7) is 7.25. The van der Waals surface area contributed by atoms with Crippen LogP contribution in [0.25, 0.3) is 0 Å². The minimum atomic E-state index is -0.716. The minimum Gasteiger partial charge on any atom is -0.355 e. The van der Waals surface area contributed by atoms with Crippen molar-refractivity contribution < 1.29 is 9.59 Å². The molecular formula is C15H23N3O2. The van der Waals surface area contributed by atoms with Crippen LogP contribution < -0.4 is 16.4 Å². The molecule has 0 heterocycles. The Hall–Kier alpha value is -1.88. The topological polar surface area (TPSA) is 84.2 Å². The largest absolute Gasteiger partial charge is 0.355 e. The van der Waals surface area contributed by atoms with Gasteiger partial charge in [-0.05, 0) is 52.0 Å². The van der Waals surface area contributed by atoms with E-state index in [0.717, 1.165) is 0 Å². The van der Waals surface area contributed by atoms with E-state index in [9.17, 15) is 9.59 Å². The van der Waals surface area contributed by atoms with Gasteiger partial charge in [0.15, 0.2) is 0 Å². The summed E-state index contributed by atoms with van der Waals surface area (Å²) in [5, 5.41) is 5.37. The van der Waals surface area contributed by atoms with Crippen LogP contribution in [0.2, 0.25) is 0 Å². The molecule has 1 rings (SSSR count). The summed E-state index contributed by atoms with van der Waals surface area (Å²) in [7, 11) is 1.57. The summed E-state index contributed by atoms with van der Waals surface area (Å²) in [5.74, 6) is -0.316. The van der Waals surface area contributed by atoms with Crippen molar-refractivity contribution in [3.63, 3.8) is 0 Å². The number of carbonyl (C=O) groups is 2. The Kier molecular flexibility index (Phi) is 4.55. The fraction of sp³-hybridized carbons (Fsp3) is 0.467. The zero-order chi connectivity index (χ0) is 15.6. The first kappa shape index (κ1) is 16.2. The minimum absolute atomic E-state index is 0.155. The van der Waals surface area contributed by atoms with Crippen molar-refractivity contribution in [1.29, 1.82) is 0 Å². The van der Waals surface area contributed by atoms with Crippen LogP contribution in [0, 0.1) is 5.41 Å². The van der Waals surface area contributed by atoms with Gasteiger partial charge in [-0.3, -0.25) is 9.59 Å². The maximum Gasteiger partial charge on any atom is 0.251 e. The number of nitrogens with two attached hydrogens (primary N) is 1. The fourth-order valence-electron chi connectivity index (χ4n) is 1.43. The summed E-state index contributed by atoms with van der Waals surface area (Å²) in [6.07, 6.45) is 0. The molecule has 110 valence electrons. The first-order chi connectivity index (χ1) is 9.09. The summed E-state index contributed by atoms with van der Waals surface area (Å²) in [5.41, 5.74) is 5.86. The van der Waals surface area contributed by atoms with Crippen molar-refractivity contribution in [2.75, 3.05) is 12.4 Å². The van der Waals surface area contributed by atoms with Gasteiger partial charge in [0.1, 0.15) is 0 Å². The number of amides is 2. The Morgan fingerprint density at radius 3 is 1.95 bits per heavy atom. The number of nitrogens with one attached hydrogen (secondary N) is 2. The van der Waals surface area contributed by atoms with Crippen LogP contribution >= 0.6 is 0 Å². The van der Waals surface area contributed by atoms with Crippen molar-refractivity contribution >= 4 is 17.5 Å². The molecule has 0 radical (unpaired) electrons. The summed E-state index contributed by atoms with van der Waals surface area (Å²) in [6, 6.07) is 6.72. The lowest BCUT2D eigenvalue weighted by atomic mass is 9.74. The van der Waals surface area contributed by atoms with Crippen molar-refractivity contribution in [3.8, 4) is 0 Å². The lowest BCUT2D eigenvalue weighted by molar-refractivity contribution is -0.126. The Morgan fingerprint density at radius 2 is 1.55 bits per heavy atom. The molecule has 0 bridgehead atoms. The van der Waals surface area contributed by atoms with Gasteiger partial charge >= 0.3 is 0 Å². The van der Waals surface area contributed by atoms with E-state index >= 15 is 0 Å². The van der Waals surface area contributed by atoms with Crippen molar-refractivity contribution in [1.82, 2.24) is 5.32 Å². The molecular weight excluding hydrogens is 254 g/mol. The summed E-state index contributed by atoms with van der Waals surface area (Å²) < 4.78 is 0. The van der Waals surface area contributed by atoms with E-state index in [1.54, 1.807) is 45.2 Å². The summed E-state index contributed by atoms with van der Waals surface area (Å²) in [4.78, 5) is 23.7. The highest BCUT2D eigenvalue weighted by Crippen LogP contribution is 2.29. The molecule has 0 aliphatic carbocycles. The first-order valence-electron chi connectivity index (χ1n) is 6.52. The Morgan fingerprint density at radius 1 is 1.05 bits per heavy atom. The van der Waals surface area contributed by atoms with E-state index in [2.05, 4.69) is 10.6 Å². The van der Waals surface area contributed by atoms with Gasteiger partial charge in [0.05, 0.1) is 5.41 Å². The molecule has 20 heavy (non-hydrogen) atoms. The molecule has 0 aromatic heterocycles. The van der Waals surface area contributed by atoms with Crippen LogP contribution in [0.4, 0.5) is 5.69 Å². The predicted molar refractivity (Wildman–Crippen MR) is 80.5 cm³/mol. The molecule has 0 atom stereocenters. The molecule has 0 aliphatic rings. The Balaban J connectivity index is 2.85. The molecule has 1 aromatic rings. The smallest absolute Gasteiger partial charge is 0.251 e. The highest BCUT2D eigenvalue weighted by atomic mass is 16.2. The van der Waals surface area contributed by atoms with Gasteiger partial charge in [-0.25, -0.2) is 0 Å². The molecule has 4 N–H and O–H groups in total. The Labute approximate surface area is 119 Å². The third kappa shape index (κ3) is 3.36. The maximum absolute atomic E-state index is 12.3. The normalized spacial score (nSPS) is 11.9. The molecule has 1 aromatic carbocycles. The van der Waals surface area contributed by atoms with E-state index in [-0.39, 0.29) is 11.8 Å². The third-order valence-corrected chi connectivity index (χ3v) is 3.81. The van der Waals surface area contributed by atoms with E-state index < -0.39 is 11.0 Å². The Bertz CT molecular complexity index is 499. The van der Waals surface area contributed by atoms with Gasteiger partial charge in [0.25, 0.3) is 5.91 Å². The number of carbonyl (C=O) groups excluding carboxylic acids is 2. The number of hydrogen-bond donors (Lipinski definition) is 3. The molecule has 0 fully saturated rings. The predicted octanol–water partition coefficient (Wildman–Crippen LogP) is 1.75. The standard InChI is InChI=1S/C15H23N3O2/c1-14(2,15(3,4)16)13(20)18-11-8-6-10(7-9-11)12(19)17-5/h6-9H,16H2,1-5H3,(H,17,19)(H,18,20). The lowest BCUT2D eigenvalue weighted by Crippen LogP contribution is -2.53. The highest BCUT2D eigenvalue weighted by molar-refractivity contribution is 5.97. The van der Waals surface area contributed by atoms with Crippen LogP contribution in [-0.4, -0.2) is 24.4 Å². The van der Waals surface area contributed by atoms with Gasteiger partial charge in [0, 0.05) is 23.8 Å². The average molecular weight is 277 g/mol. The molecule has 0 unspecified atom stereocenters. The molecule has 0 aliphatic heterocycles. The second kappa shape index (κ2) is 5.63. The average Bonchev–Trinajstić information content (AvgIpc) is 2.37. The van der Waals surface area contributed by atoms with Crippen LogP contribution in [0.5, 0.6) is 0 Å². The lowest BCUT2D eigenvalue weighted by Gasteiger charge is -2.36. The molecule has 0 saturated carbocycles. The second-order valence-electron chi connectivity index (χ2n) is 5.96. The quantitative estimate of drug-likeness (QED) is 0.784.